The van der Waals surface area contributed by atoms with Crippen LogP contribution in [0, 0.1) is 0 Å². The van der Waals surface area contributed by atoms with Crippen molar-refractivity contribution in [3.8, 4) is 0 Å². The fourth-order valence-corrected chi connectivity index (χ4v) is 2.26. The van der Waals surface area contributed by atoms with E-state index in [1.54, 1.807) is 6.92 Å². The SMILES string of the molecule is CC(=O)N1CCNC(c2ccc(N(C)C)cc2)C1. The lowest BCUT2D eigenvalue weighted by molar-refractivity contribution is -0.130. The summed E-state index contributed by atoms with van der Waals surface area (Å²) < 4.78 is 0. The predicted octanol–water partition coefficient (Wildman–Crippen LogP) is 1.25. The molecular formula is C14H21N3O. The van der Waals surface area contributed by atoms with Gasteiger partial charge in [-0.15, -0.1) is 0 Å². The average Bonchev–Trinajstić information content (AvgIpc) is 2.39. The summed E-state index contributed by atoms with van der Waals surface area (Å²) in [5.41, 5.74) is 2.43. The summed E-state index contributed by atoms with van der Waals surface area (Å²) in [6, 6.07) is 8.75. The lowest BCUT2D eigenvalue weighted by Crippen LogP contribution is -2.47. The zero-order chi connectivity index (χ0) is 13.1. The van der Waals surface area contributed by atoms with Crippen LogP contribution in [0.5, 0.6) is 0 Å². The molecule has 18 heavy (non-hydrogen) atoms. The van der Waals surface area contributed by atoms with Gasteiger partial charge in [0.25, 0.3) is 0 Å². The Balaban J connectivity index is 2.09. The molecule has 1 unspecified atom stereocenters. The maximum absolute atomic E-state index is 11.4. The summed E-state index contributed by atoms with van der Waals surface area (Å²) in [5.74, 6) is 0.159. The van der Waals surface area contributed by atoms with Crippen molar-refractivity contribution < 1.29 is 4.79 Å². The van der Waals surface area contributed by atoms with Crippen molar-refractivity contribution >= 4 is 11.6 Å². The molecule has 1 fully saturated rings. The molecule has 1 amide bonds. The van der Waals surface area contributed by atoms with Crippen LogP contribution >= 0.6 is 0 Å². The molecule has 1 aromatic rings. The van der Waals surface area contributed by atoms with E-state index in [-0.39, 0.29) is 11.9 Å². The molecule has 1 N–H and O–H groups in total. The zero-order valence-corrected chi connectivity index (χ0v) is 11.3. The van der Waals surface area contributed by atoms with Crippen molar-refractivity contribution in [1.82, 2.24) is 10.2 Å². The second-order valence-electron chi connectivity index (χ2n) is 4.96. The van der Waals surface area contributed by atoms with Crippen molar-refractivity contribution in [3.05, 3.63) is 29.8 Å². The fourth-order valence-electron chi connectivity index (χ4n) is 2.26. The minimum absolute atomic E-state index is 0.159. The second kappa shape index (κ2) is 5.40. The Kier molecular flexibility index (Phi) is 3.87. The molecule has 1 saturated heterocycles. The molecule has 2 rings (SSSR count). The van der Waals surface area contributed by atoms with Crippen LogP contribution in [0.4, 0.5) is 5.69 Å². The van der Waals surface area contributed by atoms with Gasteiger partial charge in [-0.1, -0.05) is 12.1 Å². The van der Waals surface area contributed by atoms with Crippen LogP contribution in [0.1, 0.15) is 18.5 Å². The van der Waals surface area contributed by atoms with E-state index in [0.29, 0.717) is 0 Å². The monoisotopic (exact) mass is 247 g/mol. The molecule has 0 saturated carbocycles. The number of hydrogen-bond acceptors (Lipinski definition) is 3. The molecule has 0 aliphatic carbocycles. The molecule has 0 radical (unpaired) electrons. The first kappa shape index (κ1) is 12.9. The molecule has 1 atom stereocenters. The van der Waals surface area contributed by atoms with E-state index < -0.39 is 0 Å². The Morgan fingerprint density at radius 1 is 1.33 bits per heavy atom. The Bertz CT molecular complexity index is 414. The highest BCUT2D eigenvalue weighted by Gasteiger charge is 2.21. The summed E-state index contributed by atoms with van der Waals surface area (Å²) in [6.45, 7) is 4.06. The molecule has 4 heteroatoms. The third-order valence-electron chi connectivity index (χ3n) is 3.43. The smallest absolute Gasteiger partial charge is 0.219 e. The van der Waals surface area contributed by atoms with Gasteiger partial charge in [-0.25, -0.2) is 0 Å². The van der Waals surface area contributed by atoms with E-state index in [2.05, 4.69) is 34.5 Å². The quantitative estimate of drug-likeness (QED) is 0.854. The van der Waals surface area contributed by atoms with E-state index in [1.807, 2.05) is 19.0 Å². The van der Waals surface area contributed by atoms with Crippen molar-refractivity contribution in [2.75, 3.05) is 38.6 Å². The Morgan fingerprint density at radius 2 is 2.00 bits per heavy atom. The number of carbonyl (C=O) groups excluding carboxylic acids is 1. The highest BCUT2D eigenvalue weighted by Crippen LogP contribution is 2.20. The molecule has 4 nitrogen and oxygen atoms in total. The van der Waals surface area contributed by atoms with E-state index in [1.165, 1.54) is 11.3 Å². The fraction of sp³-hybridized carbons (Fsp3) is 0.500. The third kappa shape index (κ3) is 2.82. The van der Waals surface area contributed by atoms with Crippen LogP contribution in [0.15, 0.2) is 24.3 Å². The Labute approximate surface area is 109 Å². The van der Waals surface area contributed by atoms with Crippen LogP contribution in [0.25, 0.3) is 0 Å². The maximum Gasteiger partial charge on any atom is 0.219 e. The number of rotatable bonds is 2. The summed E-state index contributed by atoms with van der Waals surface area (Å²) in [5, 5.41) is 3.46. The van der Waals surface area contributed by atoms with Gasteiger partial charge in [0, 0.05) is 52.4 Å². The van der Waals surface area contributed by atoms with E-state index in [0.717, 1.165) is 19.6 Å². The highest BCUT2D eigenvalue weighted by atomic mass is 16.2. The molecule has 1 aliphatic heterocycles. The molecular weight excluding hydrogens is 226 g/mol. The molecule has 1 aromatic carbocycles. The standard InChI is InChI=1S/C14H21N3O/c1-11(18)17-9-8-15-14(10-17)12-4-6-13(7-5-12)16(2)3/h4-7,14-15H,8-10H2,1-3H3. The number of nitrogens with one attached hydrogen (secondary N) is 1. The minimum atomic E-state index is 0.159. The first-order valence-electron chi connectivity index (χ1n) is 6.34. The molecule has 98 valence electrons. The Hall–Kier alpha value is -1.55. The largest absolute Gasteiger partial charge is 0.378 e. The number of nitrogens with zero attached hydrogens (tertiary/aromatic N) is 2. The number of anilines is 1. The number of benzene rings is 1. The van der Waals surface area contributed by atoms with E-state index in [4.69, 9.17) is 0 Å². The topological polar surface area (TPSA) is 35.6 Å². The van der Waals surface area contributed by atoms with Gasteiger partial charge in [0.2, 0.25) is 5.91 Å². The van der Waals surface area contributed by atoms with E-state index >= 15 is 0 Å². The van der Waals surface area contributed by atoms with Gasteiger partial charge in [-0.2, -0.15) is 0 Å². The van der Waals surface area contributed by atoms with Gasteiger partial charge in [-0.3, -0.25) is 4.79 Å². The Morgan fingerprint density at radius 3 is 2.56 bits per heavy atom. The highest BCUT2D eigenvalue weighted by molar-refractivity contribution is 5.73. The minimum Gasteiger partial charge on any atom is -0.378 e. The molecule has 1 aliphatic rings. The van der Waals surface area contributed by atoms with Crippen LogP contribution in [-0.4, -0.2) is 44.5 Å². The summed E-state index contributed by atoms with van der Waals surface area (Å²) in [7, 11) is 4.07. The number of piperazine rings is 1. The van der Waals surface area contributed by atoms with Crippen LogP contribution < -0.4 is 10.2 Å². The predicted molar refractivity (Wildman–Crippen MR) is 73.8 cm³/mol. The maximum atomic E-state index is 11.4. The van der Waals surface area contributed by atoms with Crippen LogP contribution in [0.3, 0.4) is 0 Å². The zero-order valence-electron chi connectivity index (χ0n) is 11.3. The molecule has 0 aromatic heterocycles. The summed E-state index contributed by atoms with van der Waals surface area (Å²) in [6.07, 6.45) is 0. The van der Waals surface area contributed by atoms with Crippen molar-refractivity contribution in [1.29, 1.82) is 0 Å². The summed E-state index contributed by atoms with van der Waals surface area (Å²) >= 11 is 0. The van der Waals surface area contributed by atoms with Gasteiger partial charge < -0.3 is 15.1 Å². The number of carbonyl (C=O) groups is 1. The van der Waals surface area contributed by atoms with E-state index in [9.17, 15) is 4.79 Å². The lowest BCUT2D eigenvalue weighted by atomic mass is 10.0. The lowest BCUT2D eigenvalue weighted by Gasteiger charge is -2.33. The van der Waals surface area contributed by atoms with Crippen molar-refractivity contribution in [3.63, 3.8) is 0 Å². The van der Waals surface area contributed by atoms with Gasteiger partial charge in [0.05, 0.1) is 0 Å². The normalized spacial score (nSPS) is 19.7. The van der Waals surface area contributed by atoms with Gasteiger partial charge in [0.15, 0.2) is 0 Å². The number of amides is 1. The first-order valence-corrected chi connectivity index (χ1v) is 6.34. The number of hydrogen-bond donors (Lipinski definition) is 1. The molecule has 1 heterocycles. The van der Waals surface area contributed by atoms with Crippen molar-refractivity contribution in [2.24, 2.45) is 0 Å². The third-order valence-corrected chi connectivity index (χ3v) is 3.43. The van der Waals surface area contributed by atoms with Gasteiger partial charge in [0.1, 0.15) is 0 Å². The first-order chi connectivity index (χ1) is 8.58. The molecule has 0 spiro atoms. The summed E-state index contributed by atoms with van der Waals surface area (Å²) in [4.78, 5) is 15.4. The van der Waals surface area contributed by atoms with Crippen LogP contribution in [-0.2, 0) is 4.79 Å². The van der Waals surface area contributed by atoms with Gasteiger partial charge in [-0.05, 0) is 17.7 Å². The van der Waals surface area contributed by atoms with Crippen molar-refractivity contribution in [2.45, 2.75) is 13.0 Å². The van der Waals surface area contributed by atoms with Crippen LogP contribution in [0.2, 0.25) is 0 Å². The second-order valence-corrected chi connectivity index (χ2v) is 4.96. The molecule has 0 bridgehead atoms. The van der Waals surface area contributed by atoms with Gasteiger partial charge >= 0.3 is 0 Å². The average molecular weight is 247 g/mol.